The van der Waals surface area contributed by atoms with Crippen LogP contribution in [0.2, 0.25) is 5.04 Å². The second-order valence-electron chi connectivity index (χ2n) is 8.83. The lowest BCUT2D eigenvalue weighted by Gasteiger charge is -2.40. The summed E-state index contributed by atoms with van der Waals surface area (Å²) in [5.74, 6) is -0.762. The Morgan fingerprint density at radius 3 is 1.97 bits per heavy atom. The Hall–Kier alpha value is -1.99. The molecule has 5 nitrogen and oxygen atoms in total. The first-order valence-corrected chi connectivity index (χ1v) is 11.9. The van der Waals surface area contributed by atoms with Crippen LogP contribution in [0.4, 0.5) is 0 Å². The van der Waals surface area contributed by atoms with Crippen LogP contribution in [0, 0.1) is 0 Å². The zero-order chi connectivity index (χ0) is 21.1. The lowest BCUT2D eigenvalue weighted by atomic mass is 10.2. The Bertz CT molecular complexity index is 778. The summed E-state index contributed by atoms with van der Waals surface area (Å²) in [5.41, 5.74) is 0. The van der Waals surface area contributed by atoms with E-state index < -0.39 is 26.3 Å². The van der Waals surface area contributed by atoms with Gasteiger partial charge in [0.2, 0.25) is 0 Å². The molecule has 1 heterocycles. The lowest BCUT2D eigenvalue weighted by molar-refractivity contribution is -0.145. The van der Waals surface area contributed by atoms with Gasteiger partial charge in [-0.1, -0.05) is 81.4 Å². The van der Waals surface area contributed by atoms with Crippen molar-refractivity contribution in [2.75, 3.05) is 6.61 Å². The van der Waals surface area contributed by atoms with E-state index in [2.05, 4.69) is 50.2 Å². The monoisotopic (exact) mass is 413 g/mol. The smallest absolute Gasteiger partial charge is 0.354 e. The Labute approximate surface area is 174 Å². The molecule has 0 saturated carbocycles. The van der Waals surface area contributed by atoms with Crippen molar-refractivity contribution in [3.8, 4) is 0 Å². The molecule has 6 heteroatoms. The fourth-order valence-corrected chi connectivity index (χ4v) is 8.01. The molecular formula is C23H31NO4Si. The number of benzene rings is 2. The summed E-state index contributed by atoms with van der Waals surface area (Å²) in [6, 6.07) is 20.7. The van der Waals surface area contributed by atoms with Gasteiger partial charge in [0.25, 0.3) is 0 Å². The minimum atomic E-state index is -2.75. The molecule has 0 amide bonds. The van der Waals surface area contributed by atoms with E-state index in [-0.39, 0.29) is 11.6 Å². The number of oxime groups is 1. The molecule has 1 N–H and O–H groups in total. The first kappa shape index (κ1) is 21.7. The predicted molar refractivity (Wildman–Crippen MR) is 118 cm³/mol. The highest BCUT2D eigenvalue weighted by Crippen LogP contribution is 2.37. The molecule has 0 radical (unpaired) electrons. The van der Waals surface area contributed by atoms with E-state index >= 15 is 0 Å². The van der Waals surface area contributed by atoms with Gasteiger partial charge in [0, 0.05) is 5.04 Å². The quantitative estimate of drug-likeness (QED) is 0.449. The molecule has 0 spiro atoms. The lowest BCUT2D eigenvalue weighted by Crippen LogP contribution is -2.65. The Balaban J connectivity index is 2.00. The summed E-state index contributed by atoms with van der Waals surface area (Å²) in [5, 5.41) is 16.2. The predicted octanol–water partition coefficient (Wildman–Crippen LogP) is 3.06. The van der Waals surface area contributed by atoms with Crippen LogP contribution in [0.5, 0.6) is 0 Å². The molecule has 0 unspecified atom stereocenters. The molecule has 1 aliphatic rings. The van der Waals surface area contributed by atoms with Crippen LogP contribution < -0.4 is 10.4 Å². The minimum Gasteiger partial charge on any atom is -0.443 e. The first-order valence-electron chi connectivity index (χ1n) is 9.99. The van der Waals surface area contributed by atoms with Gasteiger partial charge in [0.05, 0.1) is 12.8 Å². The van der Waals surface area contributed by atoms with Crippen molar-refractivity contribution in [3.05, 3.63) is 60.7 Å². The van der Waals surface area contributed by atoms with Crippen molar-refractivity contribution in [1.82, 2.24) is 0 Å². The van der Waals surface area contributed by atoms with Gasteiger partial charge in [0.15, 0.2) is 5.79 Å². The number of ether oxygens (including phenoxy) is 2. The van der Waals surface area contributed by atoms with E-state index in [1.54, 1.807) is 6.21 Å². The number of hydrogen-bond acceptors (Lipinski definition) is 5. The standard InChI is InChI=1S/C23H31NO4Si/c1-22(2,3)29(18-12-8-6-9-13-18,19-14-10-7-11-15-19)28-24-16-20-21(17-25)27-23(4,5)26-20/h6-16,20-21,25H,17H2,1-5H3/b24-16+/t20-,21+/m0/s1. The molecular weight excluding hydrogens is 382 g/mol. The van der Waals surface area contributed by atoms with E-state index in [9.17, 15) is 5.11 Å². The van der Waals surface area contributed by atoms with Crippen LogP contribution in [0.25, 0.3) is 0 Å². The summed E-state index contributed by atoms with van der Waals surface area (Å²) in [6.07, 6.45) is 0.694. The maximum atomic E-state index is 9.61. The second kappa shape index (κ2) is 8.40. The number of aliphatic hydroxyl groups excluding tert-OH is 1. The van der Waals surface area contributed by atoms with Crippen LogP contribution in [-0.2, 0) is 14.0 Å². The Morgan fingerprint density at radius 2 is 1.52 bits per heavy atom. The molecule has 3 rings (SSSR count). The zero-order valence-electron chi connectivity index (χ0n) is 17.8. The molecule has 1 saturated heterocycles. The molecule has 156 valence electrons. The van der Waals surface area contributed by atoms with Gasteiger partial charge >= 0.3 is 8.32 Å². The topological polar surface area (TPSA) is 60.3 Å². The summed E-state index contributed by atoms with van der Waals surface area (Å²) in [4.78, 5) is 0. The van der Waals surface area contributed by atoms with Gasteiger partial charge in [-0.25, -0.2) is 0 Å². The summed E-state index contributed by atoms with van der Waals surface area (Å²) in [7, 11) is -2.75. The van der Waals surface area contributed by atoms with Gasteiger partial charge in [-0.2, -0.15) is 0 Å². The van der Waals surface area contributed by atoms with Gasteiger partial charge < -0.3 is 19.1 Å². The third-order valence-electron chi connectivity index (χ3n) is 5.22. The van der Waals surface area contributed by atoms with Crippen molar-refractivity contribution in [2.24, 2.45) is 5.16 Å². The zero-order valence-corrected chi connectivity index (χ0v) is 18.8. The summed E-state index contributed by atoms with van der Waals surface area (Å²) >= 11 is 0. The van der Waals surface area contributed by atoms with Crippen LogP contribution in [0.3, 0.4) is 0 Å². The van der Waals surface area contributed by atoms with Crippen molar-refractivity contribution in [1.29, 1.82) is 0 Å². The minimum absolute atomic E-state index is 0.140. The second-order valence-corrected chi connectivity index (χ2v) is 13.0. The largest absolute Gasteiger partial charge is 0.443 e. The van der Waals surface area contributed by atoms with Crippen molar-refractivity contribution in [2.45, 2.75) is 57.7 Å². The number of rotatable bonds is 6. The fraction of sp³-hybridized carbons (Fsp3) is 0.435. The molecule has 2 aromatic rings. The van der Waals surface area contributed by atoms with Crippen LogP contribution in [0.15, 0.2) is 65.8 Å². The SMILES string of the molecule is CC1(C)O[C@@H](/C=N/O[Si](c2ccccc2)(c2ccccc2)C(C)(C)C)[C@@H](CO)O1. The molecule has 1 aliphatic heterocycles. The number of aliphatic hydroxyl groups is 1. The molecule has 2 atom stereocenters. The van der Waals surface area contributed by atoms with Crippen molar-refractivity contribution >= 4 is 24.9 Å². The van der Waals surface area contributed by atoms with Crippen LogP contribution in [0.1, 0.15) is 34.6 Å². The van der Waals surface area contributed by atoms with Crippen LogP contribution in [-0.4, -0.2) is 44.2 Å². The molecule has 2 aromatic carbocycles. The normalized spacial score (nSPS) is 22.1. The number of nitrogens with zero attached hydrogens (tertiary/aromatic N) is 1. The van der Waals surface area contributed by atoms with Gasteiger partial charge in [-0.05, 0) is 24.2 Å². The highest BCUT2D eigenvalue weighted by Gasteiger charge is 2.53. The van der Waals surface area contributed by atoms with E-state index in [4.69, 9.17) is 14.0 Å². The van der Waals surface area contributed by atoms with E-state index in [1.165, 1.54) is 0 Å². The van der Waals surface area contributed by atoms with Crippen molar-refractivity contribution < 1.29 is 19.1 Å². The molecule has 29 heavy (non-hydrogen) atoms. The fourth-order valence-electron chi connectivity index (χ4n) is 3.92. The van der Waals surface area contributed by atoms with Crippen LogP contribution >= 0.6 is 0 Å². The average molecular weight is 414 g/mol. The first-order chi connectivity index (χ1) is 13.7. The number of hydrogen-bond donors (Lipinski definition) is 1. The van der Waals surface area contributed by atoms with Gasteiger partial charge in [-0.3, -0.25) is 0 Å². The van der Waals surface area contributed by atoms with E-state index in [1.807, 2.05) is 50.2 Å². The maximum absolute atomic E-state index is 9.61. The molecule has 0 bridgehead atoms. The highest BCUT2D eigenvalue weighted by atomic mass is 28.4. The van der Waals surface area contributed by atoms with Gasteiger partial charge in [0.1, 0.15) is 12.2 Å². The van der Waals surface area contributed by atoms with Crippen molar-refractivity contribution in [3.63, 3.8) is 0 Å². The Morgan fingerprint density at radius 1 is 1.00 bits per heavy atom. The summed E-state index contributed by atoms with van der Waals surface area (Å²) < 4.78 is 18.1. The van der Waals surface area contributed by atoms with E-state index in [0.29, 0.717) is 0 Å². The molecule has 1 fully saturated rings. The molecule has 0 aliphatic carbocycles. The third-order valence-corrected chi connectivity index (χ3v) is 10.0. The summed E-state index contributed by atoms with van der Waals surface area (Å²) in [6.45, 7) is 10.1. The molecule has 0 aromatic heterocycles. The third kappa shape index (κ3) is 4.45. The highest BCUT2D eigenvalue weighted by molar-refractivity contribution is 6.99. The van der Waals surface area contributed by atoms with Gasteiger partial charge in [-0.15, -0.1) is 5.16 Å². The average Bonchev–Trinajstić information content (AvgIpc) is 2.99. The van der Waals surface area contributed by atoms with E-state index in [0.717, 1.165) is 10.4 Å². The maximum Gasteiger partial charge on any atom is 0.354 e. The Kier molecular flexibility index (Phi) is 6.29.